The van der Waals surface area contributed by atoms with E-state index in [1.807, 2.05) is 12.1 Å². The van der Waals surface area contributed by atoms with Crippen molar-refractivity contribution in [3.8, 4) is 11.5 Å². The van der Waals surface area contributed by atoms with Crippen LogP contribution < -0.4 is 20.1 Å². The third-order valence-electron chi connectivity index (χ3n) is 3.97. The number of carbonyl (C=O) groups excluding carboxylic acids is 3. The first-order valence-corrected chi connectivity index (χ1v) is 8.86. The van der Waals surface area contributed by atoms with E-state index in [4.69, 9.17) is 14.2 Å². The summed E-state index contributed by atoms with van der Waals surface area (Å²) in [6, 6.07) is 12.6. The van der Waals surface area contributed by atoms with E-state index in [2.05, 4.69) is 10.6 Å². The third-order valence-corrected chi connectivity index (χ3v) is 3.97. The average molecular weight is 402 g/mol. The Labute approximate surface area is 165 Å². The fraction of sp³-hybridized carbons (Fsp3) is 0.250. The number of amides is 2. The van der Waals surface area contributed by atoms with Crippen LogP contribution in [0.2, 0.25) is 0 Å². The van der Waals surface area contributed by atoms with Crippen LogP contribution in [0.15, 0.2) is 48.5 Å². The highest BCUT2D eigenvalue weighted by Gasteiger charge is 2.21. The molecule has 2 aromatic rings. The number of ether oxygens (including phenoxy) is 3. The second-order valence-electron chi connectivity index (χ2n) is 6.12. The summed E-state index contributed by atoms with van der Waals surface area (Å²) < 4.78 is 29.5. The van der Waals surface area contributed by atoms with E-state index in [-0.39, 0.29) is 24.8 Å². The van der Waals surface area contributed by atoms with Gasteiger partial charge in [0.1, 0.15) is 25.1 Å². The molecule has 0 fully saturated rings. The molecule has 1 atom stereocenters. The second-order valence-corrected chi connectivity index (χ2v) is 6.12. The van der Waals surface area contributed by atoms with Gasteiger partial charge >= 0.3 is 5.97 Å². The average Bonchev–Trinajstić information content (AvgIpc) is 2.74. The van der Waals surface area contributed by atoms with Gasteiger partial charge in [-0.3, -0.25) is 14.4 Å². The van der Waals surface area contributed by atoms with Gasteiger partial charge in [-0.15, -0.1) is 0 Å². The minimum atomic E-state index is -0.823. The predicted octanol–water partition coefficient (Wildman–Crippen LogP) is 1.05. The van der Waals surface area contributed by atoms with E-state index in [9.17, 15) is 18.8 Å². The summed E-state index contributed by atoms with van der Waals surface area (Å²) in [7, 11) is 0. The zero-order valence-electron chi connectivity index (χ0n) is 15.4. The first-order valence-electron chi connectivity index (χ1n) is 8.86. The standard InChI is InChI=1S/C20H19FN2O6/c21-15-6-2-1-5-14(15)20(26)23-10-19(25)28-12-18(24)22-9-13-11-27-16-7-3-4-8-17(16)29-13/h1-8,13H,9-12H2,(H,22,24)(H,23,26). The third kappa shape index (κ3) is 5.68. The van der Waals surface area contributed by atoms with Crippen LogP contribution in [-0.4, -0.2) is 50.2 Å². The van der Waals surface area contributed by atoms with Gasteiger partial charge in [0.2, 0.25) is 0 Å². The van der Waals surface area contributed by atoms with E-state index in [0.29, 0.717) is 11.5 Å². The lowest BCUT2D eigenvalue weighted by Gasteiger charge is -2.26. The van der Waals surface area contributed by atoms with Crippen LogP contribution in [0.5, 0.6) is 11.5 Å². The van der Waals surface area contributed by atoms with Crippen molar-refractivity contribution in [2.45, 2.75) is 6.10 Å². The SMILES string of the molecule is O=C(COC(=O)CNC(=O)c1ccccc1F)NCC1COc2ccccc2O1. The van der Waals surface area contributed by atoms with Gasteiger partial charge in [0.25, 0.3) is 11.8 Å². The Bertz CT molecular complexity index is 904. The predicted molar refractivity (Wildman–Crippen MR) is 99.1 cm³/mol. The van der Waals surface area contributed by atoms with E-state index >= 15 is 0 Å². The zero-order valence-corrected chi connectivity index (χ0v) is 15.4. The molecule has 1 unspecified atom stereocenters. The van der Waals surface area contributed by atoms with E-state index in [1.54, 1.807) is 12.1 Å². The maximum atomic E-state index is 13.5. The fourth-order valence-corrected chi connectivity index (χ4v) is 2.53. The zero-order chi connectivity index (χ0) is 20.6. The molecule has 0 bridgehead atoms. The minimum absolute atomic E-state index is 0.175. The summed E-state index contributed by atoms with van der Waals surface area (Å²) in [5.74, 6) is -1.57. The molecule has 9 heteroatoms. The Kier molecular flexibility index (Phi) is 6.62. The number of hydrogen-bond donors (Lipinski definition) is 2. The summed E-state index contributed by atoms with van der Waals surface area (Å²) in [6.07, 6.45) is -0.371. The molecule has 0 spiro atoms. The van der Waals surface area contributed by atoms with Gasteiger partial charge in [-0.1, -0.05) is 24.3 Å². The molecule has 0 saturated heterocycles. The quantitative estimate of drug-likeness (QED) is 0.672. The van der Waals surface area contributed by atoms with Gasteiger partial charge in [-0.25, -0.2) is 4.39 Å². The van der Waals surface area contributed by atoms with Gasteiger partial charge in [0, 0.05) is 0 Å². The topological polar surface area (TPSA) is 103 Å². The highest BCUT2D eigenvalue weighted by molar-refractivity contribution is 5.96. The lowest BCUT2D eigenvalue weighted by molar-refractivity contribution is -0.147. The largest absolute Gasteiger partial charge is 0.486 e. The Morgan fingerprint density at radius 3 is 2.55 bits per heavy atom. The number of para-hydroxylation sites is 2. The fourth-order valence-electron chi connectivity index (χ4n) is 2.53. The minimum Gasteiger partial charge on any atom is -0.486 e. The second kappa shape index (κ2) is 9.54. The lowest BCUT2D eigenvalue weighted by Crippen LogP contribution is -2.42. The maximum absolute atomic E-state index is 13.5. The van der Waals surface area contributed by atoms with Crippen LogP contribution in [0, 0.1) is 5.82 Å². The van der Waals surface area contributed by atoms with Crippen LogP contribution >= 0.6 is 0 Å². The van der Waals surface area contributed by atoms with E-state index < -0.39 is 36.8 Å². The summed E-state index contributed by atoms with van der Waals surface area (Å²) in [5, 5.41) is 4.81. The number of nitrogens with one attached hydrogen (secondary N) is 2. The Hall–Kier alpha value is -3.62. The molecule has 0 radical (unpaired) electrons. The van der Waals surface area contributed by atoms with E-state index in [1.165, 1.54) is 18.2 Å². The number of halogens is 1. The Balaban J connectivity index is 1.34. The molecule has 8 nitrogen and oxygen atoms in total. The van der Waals surface area contributed by atoms with Gasteiger partial charge in [0.15, 0.2) is 18.1 Å². The van der Waals surface area contributed by atoms with Crippen molar-refractivity contribution in [2.24, 2.45) is 0 Å². The highest BCUT2D eigenvalue weighted by atomic mass is 19.1. The summed E-state index contributed by atoms with van der Waals surface area (Å²) >= 11 is 0. The van der Waals surface area contributed by atoms with Crippen LogP contribution in [-0.2, 0) is 14.3 Å². The number of esters is 1. The number of rotatable bonds is 7. The van der Waals surface area contributed by atoms with Crippen molar-refractivity contribution in [1.82, 2.24) is 10.6 Å². The molecule has 1 aliphatic rings. The summed E-state index contributed by atoms with van der Waals surface area (Å²) in [6.45, 7) is -0.552. The molecule has 29 heavy (non-hydrogen) atoms. The number of hydrogen-bond acceptors (Lipinski definition) is 6. The molecule has 1 aliphatic heterocycles. The molecular formula is C20H19FN2O6. The molecule has 0 aliphatic carbocycles. The Morgan fingerprint density at radius 1 is 1.03 bits per heavy atom. The molecule has 3 rings (SSSR count). The number of carbonyl (C=O) groups is 3. The summed E-state index contributed by atoms with van der Waals surface area (Å²) in [5.41, 5.74) is -0.186. The maximum Gasteiger partial charge on any atom is 0.325 e. The van der Waals surface area contributed by atoms with Crippen molar-refractivity contribution < 1.29 is 33.0 Å². The van der Waals surface area contributed by atoms with Crippen molar-refractivity contribution in [3.05, 3.63) is 59.9 Å². The summed E-state index contributed by atoms with van der Waals surface area (Å²) in [4.78, 5) is 35.3. The van der Waals surface area contributed by atoms with Gasteiger partial charge in [-0.05, 0) is 24.3 Å². The van der Waals surface area contributed by atoms with Gasteiger partial charge < -0.3 is 24.8 Å². The molecular weight excluding hydrogens is 383 g/mol. The molecule has 0 aromatic heterocycles. The van der Waals surface area contributed by atoms with Gasteiger partial charge in [0.05, 0.1) is 12.1 Å². The highest BCUT2D eigenvalue weighted by Crippen LogP contribution is 2.30. The molecule has 152 valence electrons. The molecule has 2 amide bonds. The van der Waals surface area contributed by atoms with Crippen LogP contribution in [0.25, 0.3) is 0 Å². The lowest BCUT2D eigenvalue weighted by atomic mass is 10.2. The van der Waals surface area contributed by atoms with Crippen LogP contribution in [0.3, 0.4) is 0 Å². The van der Waals surface area contributed by atoms with Crippen LogP contribution in [0.1, 0.15) is 10.4 Å². The van der Waals surface area contributed by atoms with E-state index in [0.717, 1.165) is 6.07 Å². The number of benzene rings is 2. The normalized spacial score (nSPS) is 14.6. The van der Waals surface area contributed by atoms with Crippen molar-refractivity contribution in [3.63, 3.8) is 0 Å². The molecule has 2 aromatic carbocycles. The first kappa shape index (κ1) is 20.1. The smallest absolute Gasteiger partial charge is 0.325 e. The monoisotopic (exact) mass is 402 g/mol. The Morgan fingerprint density at radius 2 is 1.76 bits per heavy atom. The molecule has 2 N–H and O–H groups in total. The first-order chi connectivity index (χ1) is 14.0. The van der Waals surface area contributed by atoms with Crippen LogP contribution in [0.4, 0.5) is 4.39 Å². The van der Waals surface area contributed by atoms with Crippen molar-refractivity contribution >= 4 is 17.8 Å². The number of fused-ring (bicyclic) bond motifs is 1. The van der Waals surface area contributed by atoms with Gasteiger partial charge in [-0.2, -0.15) is 0 Å². The molecule has 0 saturated carbocycles. The van der Waals surface area contributed by atoms with Crippen molar-refractivity contribution in [1.29, 1.82) is 0 Å². The molecule has 1 heterocycles. The van der Waals surface area contributed by atoms with Crippen molar-refractivity contribution in [2.75, 3.05) is 26.3 Å².